The molecule has 4 heteroatoms. The van der Waals surface area contributed by atoms with Crippen molar-refractivity contribution >= 4 is 7.76 Å². The van der Waals surface area contributed by atoms with Crippen molar-refractivity contribution in [3.05, 3.63) is 0 Å². The molecule has 0 spiro atoms. The van der Waals surface area contributed by atoms with Crippen LogP contribution in [0.4, 0.5) is 8.39 Å². The van der Waals surface area contributed by atoms with Crippen LogP contribution < -0.4 is 0 Å². The lowest BCUT2D eigenvalue weighted by Gasteiger charge is -1.76. The molecule has 0 bridgehead atoms. The zero-order chi connectivity index (χ0) is 5.91. The minimum Gasteiger partial charge on any atom is -0.235 e. The highest BCUT2D eigenvalue weighted by atomic mass is 31.2. The topological polar surface area (TPSA) is 17.1 Å². The van der Waals surface area contributed by atoms with Gasteiger partial charge in [-0.1, -0.05) is 5.92 Å². The Morgan fingerprint density at radius 3 is 2.00 bits per heavy atom. The second kappa shape index (κ2) is 2.09. The standard InChI is InChI=1S/C3H3F2OP/c1-2-3-7(4,5)6/h1H3. The van der Waals surface area contributed by atoms with Crippen LogP contribution in [0.3, 0.4) is 0 Å². The normalized spacial score (nSPS) is 9.57. The first kappa shape index (κ1) is 6.65. The summed E-state index contributed by atoms with van der Waals surface area (Å²) in [7, 11) is -5.03. The van der Waals surface area contributed by atoms with E-state index in [2.05, 4.69) is 0 Å². The molecule has 0 aromatic rings. The molecule has 0 aliphatic rings. The summed E-state index contributed by atoms with van der Waals surface area (Å²) in [5, 5.41) is 0. The quantitative estimate of drug-likeness (QED) is 0.357. The van der Waals surface area contributed by atoms with E-state index in [1.54, 1.807) is 0 Å². The van der Waals surface area contributed by atoms with Crippen LogP contribution in [-0.2, 0) is 4.57 Å². The van der Waals surface area contributed by atoms with Crippen LogP contribution in [-0.4, -0.2) is 0 Å². The number of halogens is 2. The van der Waals surface area contributed by atoms with E-state index in [0.29, 0.717) is 0 Å². The summed E-state index contributed by atoms with van der Waals surface area (Å²) < 4.78 is 31.5. The smallest absolute Gasteiger partial charge is 0.235 e. The fraction of sp³-hybridized carbons (Fsp3) is 0.333. The number of hydrogen-bond donors (Lipinski definition) is 0. The number of hydrogen-bond acceptors (Lipinski definition) is 1. The minimum absolute atomic E-state index is 1.21. The van der Waals surface area contributed by atoms with Gasteiger partial charge in [0.15, 0.2) is 0 Å². The third-order valence-corrected chi connectivity index (χ3v) is 0.726. The number of rotatable bonds is 0. The predicted octanol–water partition coefficient (Wildman–Crippen LogP) is 2.10. The van der Waals surface area contributed by atoms with Crippen molar-refractivity contribution in [2.75, 3.05) is 0 Å². The van der Waals surface area contributed by atoms with Gasteiger partial charge in [0.25, 0.3) is 0 Å². The Morgan fingerprint density at radius 1 is 1.57 bits per heavy atom. The molecule has 0 aliphatic heterocycles. The maximum Gasteiger partial charge on any atom is 0.478 e. The maximum atomic E-state index is 11.1. The van der Waals surface area contributed by atoms with Gasteiger partial charge >= 0.3 is 7.76 Å². The molecule has 40 valence electrons. The molecular weight excluding hydrogens is 121 g/mol. The first-order valence-corrected chi connectivity index (χ1v) is 2.98. The molecule has 0 atom stereocenters. The Hall–Kier alpha value is -0.350. The SMILES string of the molecule is CC#CP(=O)(F)F. The summed E-state index contributed by atoms with van der Waals surface area (Å²) in [6, 6.07) is 0. The highest BCUT2D eigenvalue weighted by Gasteiger charge is 2.11. The summed E-state index contributed by atoms with van der Waals surface area (Å²) in [6.07, 6.45) is 0. The van der Waals surface area contributed by atoms with Gasteiger partial charge in [-0.05, 0) is 6.92 Å². The molecule has 0 heterocycles. The fourth-order valence-electron chi connectivity index (χ4n) is 0.130. The van der Waals surface area contributed by atoms with E-state index in [0.717, 1.165) is 0 Å². The molecule has 0 radical (unpaired) electrons. The molecule has 0 aliphatic carbocycles. The van der Waals surface area contributed by atoms with E-state index in [1.165, 1.54) is 12.6 Å². The van der Waals surface area contributed by atoms with Gasteiger partial charge in [0, 0.05) is 5.66 Å². The Balaban J connectivity index is 4.01. The van der Waals surface area contributed by atoms with Crippen LogP contribution in [0.15, 0.2) is 0 Å². The lowest BCUT2D eigenvalue weighted by atomic mass is 10.9. The zero-order valence-corrected chi connectivity index (χ0v) is 4.51. The second-order valence-electron chi connectivity index (χ2n) is 0.824. The molecule has 0 unspecified atom stereocenters. The van der Waals surface area contributed by atoms with Crippen molar-refractivity contribution in [3.8, 4) is 11.6 Å². The van der Waals surface area contributed by atoms with E-state index in [1.807, 2.05) is 5.92 Å². The summed E-state index contributed by atoms with van der Waals surface area (Å²) in [5.41, 5.74) is 1.26. The van der Waals surface area contributed by atoms with E-state index < -0.39 is 7.76 Å². The van der Waals surface area contributed by atoms with Crippen molar-refractivity contribution in [1.82, 2.24) is 0 Å². The van der Waals surface area contributed by atoms with Crippen LogP contribution in [0.1, 0.15) is 6.92 Å². The largest absolute Gasteiger partial charge is 0.478 e. The third-order valence-electron chi connectivity index (χ3n) is 0.242. The Morgan fingerprint density at radius 2 is 2.00 bits per heavy atom. The molecule has 0 aromatic heterocycles. The van der Waals surface area contributed by atoms with E-state index >= 15 is 0 Å². The summed E-state index contributed by atoms with van der Waals surface area (Å²) in [6.45, 7) is 1.21. The van der Waals surface area contributed by atoms with Crippen molar-refractivity contribution in [2.24, 2.45) is 0 Å². The lowest BCUT2D eigenvalue weighted by Crippen LogP contribution is -1.48. The Labute approximate surface area is 40.3 Å². The molecule has 0 amide bonds. The van der Waals surface area contributed by atoms with E-state index in [9.17, 15) is 13.0 Å². The van der Waals surface area contributed by atoms with Crippen molar-refractivity contribution in [3.63, 3.8) is 0 Å². The predicted molar refractivity (Wildman–Crippen MR) is 23.3 cm³/mol. The second-order valence-corrected chi connectivity index (χ2v) is 1.97. The van der Waals surface area contributed by atoms with Gasteiger partial charge in [0.2, 0.25) is 0 Å². The van der Waals surface area contributed by atoms with Crippen LogP contribution in [0.5, 0.6) is 0 Å². The molecule has 0 saturated carbocycles. The van der Waals surface area contributed by atoms with Gasteiger partial charge in [-0.15, -0.1) is 8.39 Å². The summed E-state index contributed by atoms with van der Waals surface area (Å²) in [5.74, 6) is 1.84. The van der Waals surface area contributed by atoms with Gasteiger partial charge in [-0.2, -0.15) is 0 Å². The average molecular weight is 124 g/mol. The molecule has 0 aromatic carbocycles. The minimum atomic E-state index is -5.03. The fourth-order valence-corrected chi connectivity index (χ4v) is 0.390. The highest BCUT2D eigenvalue weighted by Crippen LogP contribution is 2.47. The third kappa shape index (κ3) is 5.65. The van der Waals surface area contributed by atoms with E-state index in [4.69, 9.17) is 0 Å². The van der Waals surface area contributed by atoms with Gasteiger partial charge in [0.1, 0.15) is 0 Å². The van der Waals surface area contributed by atoms with Gasteiger partial charge in [0.05, 0.1) is 0 Å². The van der Waals surface area contributed by atoms with Gasteiger partial charge < -0.3 is 0 Å². The van der Waals surface area contributed by atoms with Crippen LogP contribution in [0.25, 0.3) is 0 Å². The molecule has 0 rings (SSSR count). The molecular formula is C3H3F2OP. The molecule has 0 fully saturated rings. The average Bonchev–Trinajstić information content (AvgIpc) is 1.30. The van der Waals surface area contributed by atoms with Crippen LogP contribution >= 0.6 is 7.76 Å². The Bertz CT molecular complexity index is 148. The summed E-state index contributed by atoms with van der Waals surface area (Å²) >= 11 is 0. The molecule has 7 heavy (non-hydrogen) atoms. The van der Waals surface area contributed by atoms with Gasteiger partial charge in [-0.3, -0.25) is 0 Å². The van der Waals surface area contributed by atoms with E-state index in [-0.39, 0.29) is 0 Å². The highest BCUT2D eigenvalue weighted by molar-refractivity contribution is 7.58. The first-order chi connectivity index (χ1) is 3.06. The van der Waals surface area contributed by atoms with Gasteiger partial charge in [-0.25, -0.2) is 4.57 Å². The van der Waals surface area contributed by atoms with Crippen LogP contribution in [0.2, 0.25) is 0 Å². The molecule has 1 nitrogen and oxygen atoms in total. The lowest BCUT2D eigenvalue weighted by molar-refractivity contribution is 0.508. The monoisotopic (exact) mass is 124 g/mol. The molecule has 0 N–H and O–H groups in total. The summed E-state index contributed by atoms with van der Waals surface area (Å²) in [4.78, 5) is 0. The Kier molecular flexibility index (Phi) is 1.98. The van der Waals surface area contributed by atoms with Crippen molar-refractivity contribution < 1.29 is 13.0 Å². The molecule has 0 saturated heterocycles. The zero-order valence-electron chi connectivity index (χ0n) is 3.61. The van der Waals surface area contributed by atoms with Crippen molar-refractivity contribution in [2.45, 2.75) is 6.92 Å². The first-order valence-electron chi connectivity index (χ1n) is 1.49. The van der Waals surface area contributed by atoms with Crippen molar-refractivity contribution in [1.29, 1.82) is 0 Å². The van der Waals surface area contributed by atoms with Crippen LogP contribution in [0, 0.1) is 11.6 Å². The maximum absolute atomic E-state index is 11.1.